The van der Waals surface area contributed by atoms with Crippen molar-refractivity contribution in [3.05, 3.63) is 35.2 Å². The van der Waals surface area contributed by atoms with Crippen LogP contribution in [0.25, 0.3) is 0 Å². The van der Waals surface area contributed by atoms with Crippen molar-refractivity contribution in [2.45, 2.75) is 40.5 Å². The molecular formula is C13H21N. The molecule has 1 atom stereocenters. The fourth-order valence-corrected chi connectivity index (χ4v) is 1.81. The number of hydrogen-bond donors (Lipinski definition) is 1. The number of allylic oxidation sites excluding steroid dienone is 4. The summed E-state index contributed by atoms with van der Waals surface area (Å²) in [6.07, 6.45) is 4.62. The summed E-state index contributed by atoms with van der Waals surface area (Å²) in [6, 6.07) is 0. The highest BCUT2D eigenvalue weighted by molar-refractivity contribution is 5.39. The predicted molar refractivity (Wildman–Crippen MR) is 62.8 cm³/mol. The van der Waals surface area contributed by atoms with E-state index in [2.05, 4.69) is 38.7 Å². The minimum absolute atomic E-state index is 0.659. The molecule has 1 aliphatic rings. The summed E-state index contributed by atoms with van der Waals surface area (Å²) >= 11 is 0. The molecule has 78 valence electrons. The topological polar surface area (TPSA) is 12.0 Å². The Morgan fingerprint density at radius 2 is 2.29 bits per heavy atom. The average Bonchev–Trinajstić information content (AvgIpc) is 2.13. The van der Waals surface area contributed by atoms with E-state index in [1.807, 2.05) is 6.92 Å². The Morgan fingerprint density at radius 1 is 1.64 bits per heavy atom. The van der Waals surface area contributed by atoms with E-state index < -0.39 is 0 Å². The Kier molecular flexibility index (Phi) is 3.56. The van der Waals surface area contributed by atoms with Crippen molar-refractivity contribution in [1.82, 2.24) is 5.32 Å². The lowest BCUT2D eigenvalue weighted by molar-refractivity contribution is 0.652. The maximum absolute atomic E-state index is 3.90. The van der Waals surface area contributed by atoms with Crippen molar-refractivity contribution < 1.29 is 0 Å². The van der Waals surface area contributed by atoms with Crippen LogP contribution in [0.2, 0.25) is 0 Å². The number of rotatable bonds is 3. The van der Waals surface area contributed by atoms with Crippen molar-refractivity contribution in [1.29, 1.82) is 0 Å². The molecule has 1 heteroatoms. The Balaban J connectivity index is 2.97. The van der Waals surface area contributed by atoms with E-state index >= 15 is 0 Å². The van der Waals surface area contributed by atoms with Gasteiger partial charge in [-0.15, -0.1) is 0 Å². The standard InChI is InChI=1S/C13H21N/c1-6-12-8-7-10(4)11(5)13(12)14-9(2)3/h8,10,14H,2,6-7H2,1,3-5H3/t10-/m0/s1. The van der Waals surface area contributed by atoms with E-state index in [9.17, 15) is 0 Å². The molecule has 1 N–H and O–H groups in total. The van der Waals surface area contributed by atoms with Crippen LogP contribution >= 0.6 is 0 Å². The molecule has 1 nitrogen and oxygen atoms in total. The molecule has 0 aromatic carbocycles. The van der Waals surface area contributed by atoms with Gasteiger partial charge in [-0.1, -0.05) is 26.5 Å². The molecule has 1 aliphatic carbocycles. The Labute approximate surface area is 87.6 Å². The molecule has 0 aromatic heterocycles. The molecule has 0 fully saturated rings. The van der Waals surface area contributed by atoms with Gasteiger partial charge in [0.25, 0.3) is 0 Å². The van der Waals surface area contributed by atoms with Crippen molar-refractivity contribution in [3.8, 4) is 0 Å². The first-order valence-corrected chi connectivity index (χ1v) is 5.39. The van der Waals surface area contributed by atoms with Crippen LogP contribution in [-0.4, -0.2) is 0 Å². The van der Waals surface area contributed by atoms with E-state index in [4.69, 9.17) is 0 Å². The number of hydrogen-bond acceptors (Lipinski definition) is 1. The highest BCUT2D eigenvalue weighted by Crippen LogP contribution is 2.29. The van der Waals surface area contributed by atoms with Gasteiger partial charge in [-0.2, -0.15) is 0 Å². The summed E-state index contributed by atoms with van der Waals surface area (Å²) in [5, 5.41) is 3.38. The van der Waals surface area contributed by atoms with Crippen LogP contribution in [0, 0.1) is 5.92 Å². The normalized spacial score (nSPS) is 22.0. The van der Waals surface area contributed by atoms with Crippen molar-refractivity contribution in [3.63, 3.8) is 0 Å². The minimum atomic E-state index is 0.659. The summed E-state index contributed by atoms with van der Waals surface area (Å²) in [4.78, 5) is 0. The first-order valence-electron chi connectivity index (χ1n) is 5.39. The van der Waals surface area contributed by atoms with E-state index in [-0.39, 0.29) is 0 Å². The van der Waals surface area contributed by atoms with E-state index in [0.717, 1.165) is 12.1 Å². The van der Waals surface area contributed by atoms with Crippen LogP contribution in [0.3, 0.4) is 0 Å². The summed E-state index contributed by atoms with van der Waals surface area (Å²) < 4.78 is 0. The lowest BCUT2D eigenvalue weighted by atomic mass is 9.87. The second kappa shape index (κ2) is 4.50. The zero-order valence-corrected chi connectivity index (χ0v) is 9.78. The highest BCUT2D eigenvalue weighted by Gasteiger charge is 2.16. The van der Waals surface area contributed by atoms with Gasteiger partial charge in [0.05, 0.1) is 0 Å². The average molecular weight is 191 g/mol. The fraction of sp³-hybridized carbons (Fsp3) is 0.538. The molecule has 0 saturated carbocycles. The summed E-state index contributed by atoms with van der Waals surface area (Å²) in [7, 11) is 0. The molecule has 0 unspecified atom stereocenters. The van der Waals surface area contributed by atoms with Crippen LogP contribution in [0.4, 0.5) is 0 Å². The molecule has 14 heavy (non-hydrogen) atoms. The van der Waals surface area contributed by atoms with E-state index in [1.54, 1.807) is 0 Å². The number of nitrogens with one attached hydrogen (secondary N) is 1. The monoisotopic (exact) mass is 191 g/mol. The summed E-state index contributed by atoms with van der Waals surface area (Å²) in [5.41, 5.74) is 5.22. The second-order valence-electron chi connectivity index (χ2n) is 4.18. The molecular weight excluding hydrogens is 170 g/mol. The van der Waals surface area contributed by atoms with Crippen LogP contribution < -0.4 is 5.32 Å². The van der Waals surface area contributed by atoms with Gasteiger partial charge in [0.15, 0.2) is 0 Å². The summed E-state index contributed by atoms with van der Waals surface area (Å²) in [6.45, 7) is 12.6. The molecule has 0 radical (unpaired) electrons. The Hall–Kier alpha value is -0.980. The lowest BCUT2D eigenvalue weighted by Crippen LogP contribution is -2.19. The first-order chi connectivity index (χ1) is 6.56. The van der Waals surface area contributed by atoms with E-state index in [1.165, 1.54) is 23.3 Å². The largest absolute Gasteiger partial charge is 0.360 e. The first kappa shape index (κ1) is 11.1. The Morgan fingerprint density at radius 3 is 2.79 bits per heavy atom. The van der Waals surface area contributed by atoms with Crippen molar-refractivity contribution in [2.75, 3.05) is 0 Å². The van der Waals surface area contributed by atoms with Gasteiger partial charge in [-0.25, -0.2) is 0 Å². The summed E-state index contributed by atoms with van der Waals surface area (Å²) in [5.74, 6) is 0.659. The molecule has 0 heterocycles. The molecule has 0 spiro atoms. The SMILES string of the molecule is C=C(C)NC1=C(C)[C@@H](C)CC=C1CC. The maximum atomic E-state index is 3.90. The van der Waals surface area contributed by atoms with Crippen molar-refractivity contribution >= 4 is 0 Å². The van der Waals surface area contributed by atoms with Crippen LogP contribution in [0.1, 0.15) is 40.5 Å². The smallest absolute Gasteiger partial charge is 0.0402 e. The molecule has 0 aromatic rings. The predicted octanol–water partition coefficient (Wildman–Crippen LogP) is 3.76. The third-order valence-corrected chi connectivity index (χ3v) is 2.89. The third-order valence-electron chi connectivity index (χ3n) is 2.89. The quantitative estimate of drug-likeness (QED) is 0.716. The van der Waals surface area contributed by atoms with Gasteiger partial charge < -0.3 is 5.32 Å². The van der Waals surface area contributed by atoms with Gasteiger partial charge in [-0.05, 0) is 43.8 Å². The Bertz CT molecular complexity index is 294. The molecule has 0 aliphatic heterocycles. The molecule has 0 bridgehead atoms. The van der Waals surface area contributed by atoms with Gasteiger partial charge in [-0.3, -0.25) is 0 Å². The van der Waals surface area contributed by atoms with Gasteiger partial charge in [0.2, 0.25) is 0 Å². The van der Waals surface area contributed by atoms with E-state index in [0.29, 0.717) is 5.92 Å². The lowest BCUT2D eigenvalue weighted by Gasteiger charge is -2.25. The van der Waals surface area contributed by atoms with Crippen LogP contribution in [0.5, 0.6) is 0 Å². The van der Waals surface area contributed by atoms with Gasteiger partial charge >= 0.3 is 0 Å². The zero-order valence-electron chi connectivity index (χ0n) is 9.78. The highest BCUT2D eigenvalue weighted by atomic mass is 14.9. The third kappa shape index (κ3) is 2.28. The van der Waals surface area contributed by atoms with Crippen LogP contribution in [-0.2, 0) is 0 Å². The fourth-order valence-electron chi connectivity index (χ4n) is 1.81. The van der Waals surface area contributed by atoms with Crippen LogP contribution in [0.15, 0.2) is 35.2 Å². The van der Waals surface area contributed by atoms with Crippen molar-refractivity contribution in [2.24, 2.45) is 5.92 Å². The maximum Gasteiger partial charge on any atom is 0.0402 e. The van der Waals surface area contributed by atoms with Gasteiger partial charge in [0.1, 0.15) is 0 Å². The molecule has 0 saturated heterocycles. The zero-order chi connectivity index (χ0) is 10.7. The molecule has 0 amide bonds. The second-order valence-corrected chi connectivity index (χ2v) is 4.18. The van der Waals surface area contributed by atoms with Gasteiger partial charge in [0, 0.05) is 11.4 Å². The minimum Gasteiger partial charge on any atom is -0.360 e. The molecule has 1 rings (SSSR count).